The van der Waals surface area contributed by atoms with Gasteiger partial charge in [-0.25, -0.2) is 14.6 Å². The molecule has 0 atom stereocenters. The van der Waals surface area contributed by atoms with Crippen molar-refractivity contribution in [3.05, 3.63) is 60.9 Å². The molecule has 4 aromatic rings. The molecule has 0 radical (unpaired) electrons. The molecule has 2 aliphatic heterocycles. The summed E-state index contributed by atoms with van der Waals surface area (Å²) in [5.41, 5.74) is 9.29. The Balaban J connectivity index is 0.844. The van der Waals surface area contributed by atoms with Crippen molar-refractivity contribution < 1.29 is 9.53 Å². The zero-order valence-corrected chi connectivity index (χ0v) is 26.4. The second-order valence-electron chi connectivity index (χ2n) is 15.0. The largest absolute Gasteiger partial charge is 0.457 e. The summed E-state index contributed by atoms with van der Waals surface area (Å²) in [6, 6.07) is 18.4. The SMILES string of the molecule is Nc1ncnc2c1c(-c1ccc(Oc3ccccc3)cc1)nn2C1CCN(C2CN(C(=O)CC34CC5CC(CC(C5)C3)C4)C2)CC1. The predicted molar refractivity (Wildman–Crippen MR) is 177 cm³/mol. The quantitative estimate of drug-likeness (QED) is 0.259. The van der Waals surface area contributed by atoms with Crippen LogP contribution in [0.25, 0.3) is 22.3 Å². The van der Waals surface area contributed by atoms with Gasteiger partial charge in [0.05, 0.1) is 11.4 Å². The molecule has 2 aromatic heterocycles. The van der Waals surface area contributed by atoms with Crippen molar-refractivity contribution in [2.24, 2.45) is 23.2 Å². The minimum absolute atomic E-state index is 0.233. The first-order chi connectivity index (χ1) is 22.5. The van der Waals surface area contributed by atoms with Gasteiger partial charge in [-0.3, -0.25) is 9.69 Å². The zero-order valence-electron chi connectivity index (χ0n) is 26.4. The number of ether oxygens (including phenoxy) is 1. The van der Waals surface area contributed by atoms with Crippen molar-refractivity contribution in [1.82, 2.24) is 29.5 Å². The van der Waals surface area contributed by atoms with E-state index >= 15 is 0 Å². The highest BCUT2D eigenvalue weighted by Gasteiger charge is 2.52. The monoisotopic (exact) mass is 617 g/mol. The van der Waals surface area contributed by atoms with E-state index in [1.807, 2.05) is 54.6 Å². The van der Waals surface area contributed by atoms with Gasteiger partial charge in [0.15, 0.2) is 5.65 Å². The van der Waals surface area contributed by atoms with Crippen LogP contribution in [0.3, 0.4) is 0 Å². The summed E-state index contributed by atoms with van der Waals surface area (Å²) in [6.07, 6.45) is 12.5. The highest BCUT2D eigenvalue weighted by Crippen LogP contribution is 2.61. The van der Waals surface area contributed by atoms with Gasteiger partial charge in [-0.05, 0) is 111 Å². The number of rotatable bonds is 7. The van der Waals surface area contributed by atoms with E-state index in [9.17, 15) is 4.79 Å². The fourth-order valence-corrected chi connectivity index (χ4v) is 10.1. The van der Waals surface area contributed by atoms with Gasteiger partial charge in [0.2, 0.25) is 5.91 Å². The molecule has 2 saturated heterocycles. The normalized spacial score (nSPS) is 28.1. The summed E-state index contributed by atoms with van der Waals surface area (Å²) in [7, 11) is 0. The Morgan fingerprint density at radius 3 is 2.17 bits per heavy atom. The molecule has 238 valence electrons. The van der Waals surface area contributed by atoms with Gasteiger partial charge >= 0.3 is 0 Å². The van der Waals surface area contributed by atoms with Crippen LogP contribution < -0.4 is 10.5 Å². The number of hydrogen-bond donors (Lipinski definition) is 1. The van der Waals surface area contributed by atoms with Crippen LogP contribution in [0.1, 0.15) is 63.8 Å². The van der Waals surface area contributed by atoms with E-state index in [2.05, 4.69) is 24.4 Å². The number of likely N-dealkylation sites (tertiary alicyclic amines) is 2. The van der Waals surface area contributed by atoms with Crippen LogP contribution in [0.15, 0.2) is 60.9 Å². The molecule has 1 amide bonds. The summed E-state index contributed by atoms with van der Waals surface area (Å²) in [4.78, 5) is 27.1. The summed E-state index contributed by atoms with van der Waals surface area (Å²) in [6.45, 7) is 3.77. The third kappa shape index (κ3) is 5.03. The molecule has 6 fully saturated rings. The van der Waals surface area contributed by atoms with Crippen molar-refractivity contribution in [2.45, 2.75) is 69.9 Å². The Morgan fingerprint density at radius 2 is 1.50 bits per heavy atom. The van der Waals surface area contributed by atoms with Gasteiger partial charge < -0.3 is 15.4 Å². The van der Waals surface area contributed by atoms with Crippen LogP contribution in [0.2, 0.25) is 0 Å². The van der Waals surface area contributed by atoms with Crippen LogP contribution in [0.5, 0.6) is 11.5 Å². The molecule has 6 aliphatic rings. The van der Waals surface area contributed by atoms with Gasteiger partial charge in [-0.1, -0.05) is 18.2 Å². The van der Waals surface area contributed by atoms with Crippen LogP contribution in [0, 0.1) is 23.2 Å². The molecule has 9 nitrogen and oxygen atoms in total. The van der Waals surface area contributed by atoms with Gasteiger partial charge in [-0.15, -0.1) is 0 Å². The Bertz CT molecular complexity index is 1700. The van der Waals surface area contributed by atoms with Gasteiger partial charge in [0, 0.05) is 44.2 Å². The van der Waals surface area contributed by atoms with E-state index in [4.69, 9.17) is 15.6 Å². The van der Waals surface area contributed by atoms with Crippen LogP contribution in [0.4, 0.5) is 5.82 Å². The summed E-state index contributed by atoms with van der Waals surface area (Å²) < 4.78 is 8.08. The standard InChI is InChI=1S/C37H43N7O2/c38-35-33-34(27-6-8-31(9-7-27)46-30-4-2-1-3-5-30)41-44(36(33)40-23-39-35)28-10-12-42(13-11-28)29-21-43(22-29)32(45)20-37-17-24-14-25(18-37)16-26(15-24)19-37/h1-9,23-26,28-29H,10-22H2,(H2,38,39,40). The third-order valence-corrected chi connectivity index (χ3v) is 11.9. The number of carbonyl (C=O) groups excluding carboxylic acids is 1. The smallest absolute Gasteiger partial charge is 0.223 e. The number of carbonyl (C=O) groups is 1. The second-order valence-corrected chi connectivity index (χ2v) is 15.0. The van der Waals surface area contributed by atoms with Crippen molar-refractivity contribution in [1.29, 1.82) is 0 Å². The maximum atomic E-state index is 13.4. The first-order valence-electron chi connectivity index (χ1n) is 17.3. The molecule has 2 N–H and O–H groups in total. The topological polar surface area (TPSA) is 102 Å². The molecule has 0 unspecified atom stereocenters. The lowest BCUT2D eigenvalue weighted by Gasteiger charge is -2.57. The summed E-state index contributed by atoms with van der Waals surface area (Å²) >= 11 is 0. The van der Waals surface area contributed by atoms with Crippen molar-refractivity contribution in [3.63, 3.8) is 0 Å². The van der Waals surface area contributed by atoms with E-state index in [1.165, 1.54) is 44.9 Å². The number of nitrogens with two attached hydrogens (primary N) is 1. The number of benzene rings is 2. The first-order valence-corrected chi connectivity index (χ1v) is 17.3. The molecule has 4 aliphatic carbocycles. The van der Waals surface area contributed by atoms with Crippen LogP contribution >= 0.6 is 0 Å². The molecule has 2 aromatic carbocycles. The molecule has 4 bridgehead atoms. The fraction of sp³-hybridized carbons (Fsp3) is 0.514. The fourth-order valence-electron chi connectivity index (χ4n) is 10.1. The molecular weight excluding hydrogens is 574 g/mol. The van der Waals surface area contributed by atoms with Crippen molar-refractivity contribution >= 4 is 22.8 Å². The van der Waals surface area contributed by atoms with E-state index in [0.717, 1.165) is 97.0 Å². The number of hydrogen-bond acceptors (Lipinski definition) is 7. The number of aromatic nitrogens is 4. The summed E-state index contributed by atoms with van der Waals surface area (Å²) in [5, 5.41) is 5.91. The predicted octanol–water partition coefficient (Wildman–Crippen LogP) is 6.32. The number of para-hydroxylation sites is 1. The van der Waals surface area contributed by atoms with Crippen LogP contribution in [-0.2, 0) is 4.79 Å². The molecule has 4 heterocycles. The Labute approximate surface area is 270 Å². The number of amides is 1. The maximum Gasteiger partial charge on any atom is 0.223 e. The molecular formula is C37H43N7O2. The Kier molecular flexibility index (Phi) is 6.80. The number of nitrogens with zero attached hydrogens (tertiary/aromatic N) is 6. The van der Waals surface area contributed by atoms with E-state index in [0.29, 0.717) is 23.2 Å². The van der Waals surface area contributed by atoms with Crippen molar-refractivity contribution in [2.75, 3.05) is 31.9 Å². The minimum Gasteiger partial charge on any atom is -0.457 e. The number of piperidine rings is 1. The zero-order chi connectivity index (χ0) is 30.8. The Morgan fingerprint density at radius 1 is 0.848 bits per heavy atom. The van der Waals surface area contributed by atoms with E-state index in [1.54, 1.807) is 0 Å². The average molecular weight is 618 g/mol. The molecule has 9 heteroatoms. The maximum absolute atomic E-state index is 13.4. The van der Waals surface area contributed by atoms with Crippen molar-refractivity contribution in [3.8, 4) is 22.8 Å². The lowest BCUT2D eigenvalue weighted by molar-refractivity contribution is -0.147. The number of fused-ring (bicyclic) bond motifs is 1. The first kappa shape index (κ1) is 28.3. The Hall–Kier alpha value is -3.98. The molecule has 10 rings (SSSR count). The van der Waals surface area contributed by atoms with E-state index < -0.39 is 0 Å². The average Bonchev–Trinajstić information content (AvgIpc) is 3.42. The second kappa shape index (κ2) is 11.1. The lowest BCUT2D eigenvalue weighted by atomic mass is 9.49. The molecule has 4 saturated carbocycles. The minimum atomic E-state index is 0.233. The summed E-state index contributed by atoms with van der Waals surface area (Å²) in [5.74, 6) is 5.12. The van der Waals surface area contributed by atoms with Gasteiger partial charge in [-0.2, -0.15) is 5.10 Å². The third-order valence-electron chi connectivity index (χ3n) is 11.9. The lowest BCUT2D eigenvalue weighted by Crippen LogP contribution is -2.63. The molecule has 0 spiro atoms. The highest BCUT2D eigenvalue weighted by molar-refractivity contribution is 5.98. The van der Waals surface area contributed by atoms with Crippen LogP contribution in [-0.4, -0.2) is 67.7 Å². The molecule has 46 heavy (non-hydrogen) atoms. The number of nitrogen functional groups attached to an aromatic ring is 1. The van der Waals surface area contributed by atoms with E-state index in [-0.39, 0.29) is 6.04 Å². The van der Waals surface area contributed by atoms with Gasteiger partial charge in [0.1, 0.15) is 29.3 Å². The number of anilines is 1. The van der Waals surface area contributed by atoms with Gasteiger partial charge in [0.25, 0.3) is 0 Å². The highest BCUT2D eigenvalue weighted by atomic mass is 16.5.